The summed E-state index contributed by atoms with van der Waals surface area (Å²) in [4.78, 5) is 16.5. The van der Waals surface area contributed by atoms with Crippen LogP contribution in [0.5, 0.6) is 0 Å². The minimum Gasteiger partial charge on any atom is -0.486 e. The summed E-state index contributed by atoms with van der Waals surface area (Å²) >= 11 is 0. The first-order valence-electron chi connectivity index (χ1n) is 15.4. The topological polar surface area (TPSA) is 54.8 Å². The maximum absolute atomic E-state index is 11.2. The summed E-state index contributed by atoms with van der Waals surface area (Å²) < 4.78 is 4.75. The van der Waals surface area contributed by atoms with Crippen LogP contribution in [0, 0.1) is 6.57 Å². The highest BCUT2D eigenvalue weighted by Crippen LogP contribution is 2.41. The van der Waals surface area contributed by atoms with E-state index in [0.29, 0.717) is 0 Å². The number of nitrogens with zero attached hydrogens (tertiary/aromatic N) is 4. The Kier molecular flexibility index (Phi) is 7.36. The summed E-state index contributed by atoms with van der Waals surface area (Å²) in [6.07, 6.45) is 4.72. The van der Waals surface area contributed by atoms with Gasteiger partial charge in [-0.25, -0.2) is 4.85 Å². The number of rotatable bonds is 8. The molecule has 6 heteroatoms. The van der Waals surface area contributed by atoms with Crippen LogP contribution < -0.4 is 4.90 Å². The molecule has 2 aromatic heterocycles. The SMILES string of the molecule is [C-]#[N+]/C(=C\C=C\c1ccc(N(c2ccc3c4ccccc4n(CC)c3c2)c2ccc3c4ccccc4n(CC)c3c2)cc1)C(=O)O. The predicted molar refractivity (Wildman–Crippen MR) is 190 cm³/mol. The third kappa shape index (κ3) is 4.79. The van der Waals surface area contributed by atoms with Crippen molar-refractivity contribution in [2.45, 2.75) is 26.9 Å². The zero-order chi connectivity index (χ0) is 31.8. The monoisotopic (exact) mass is 600 g/mol. The fourth-order valence-corrected chi connectivity index (χ4v) is 6.62. The van der Waals surface area contributed by atoms with Gasteiger partial charge in [-0.15, -0.1) is 0 Å². The number of carbonyl (C=O) groups is 1. The molecule has 1 N–H and O–H groups in total. The zero-order valence-corrected chi connectivity index (χ0v) is 25.7. The molecule has 5 aromatic carbocycles. The Bertz CT molecular complexity index is 2260. The lowest BCUT2D eigenvalue weighted by atomic mass is 10.1. The van der Waals surface area contributed by atoms with E-state index in [4.69, 9.17) is 11.7 Å². The summed E-state index contributed by atoms with van der Waals surface area (Å²) in [5.74, 6) is -1.23. The minimum absolute atomic E-state index is 0.321. The van der Waals surface area contributed by atoms with E-state index in [1.54, 1.807) is 12.2 Å². The predicted octanol–water partition coefficient (Wildman–Crippen LogP) is 10.3. The van der Waals surface area contributed by atoms with Crippen molar-refractivity contribution in [3.05, 3.63) is 144 Å². The fraction of sp³-hybridized carbons (Fsp3) is 0.100. The molecular formula is C40H32N4O2. The van der Waals surface area contributed by atoms with Gasteiger partial charge in [0.1, 0.15) is 0 Å². The normalized spacial score (nSPS) is 12.1. The number of aryl methyl sites for hydroxylation is 2. The van der Waals surface area contributed by atoms with E-state index in [2.05, 4.69) is 130 Å². The molecule has 0 aliphatic carbocycles. The van der Waals surface area contributed by atoms with Crippen molar-refractivity contribution < 1.29 is 9.90 Å². The van der Waals surface area contributed by atoms with Gasteiger partial charge >= 0.3 is 5.97 Å². The highest BCUT2D eigenvalue weighted by atomic mass is 16.4. The van der Waals surface area contributed by atoms with E-state index < -0.39 is 5.97 Å². The second-order valence-electron chi connectivity index (χ2n) is 11.2. The first-order valence-corrected chi connectivity index (χ1v) is 15.4. The van der Waals surface area contributed by atoms with Gasteiger partial charge < -0.3 is 19.1 Å². The maximum Gasteiger partial charge on any atom is 0.333 e. The van der Waals surface area contributed by atoms with Crippen LogP contribution in [0.3, 0.4) is 0 Å². The van der Waals surface area contributed by atoms with Crippen molar-refractivity contribution in [2.24, 2.45) is 0 Å². The third-order valence-corrected chi connectivity index (χ3v) is 8.70. The molecule has 224 valence electrons. The lowest BCUT2D eigenvalue weighted by molar-refractivity contribution is -0.132. The van der Waals surface area contributed by atoms with Gasteiger partial charge in [0.15, 0.2) is 0 Å². The Labute approximate surface area is 267 Å². The van der Waals surface area contributed by atoms with E-state index in [1.807, 2.05) is 12.1 Å². The summed E-state index contributed by atoms with van der Waals surface area (Å²) in [6, 6.07) is 38.8. The lowest BCUT2D eigenvalue weighted by Gasteiger charge is -2.26. The van der Waals surface area contributed by atoms with Crippen LogP contribution in [0.15, 0.2) is 127 Å². The number of allylic oxidation sites excluding steroid dienone is 2. The van der Waals surface area contributed by atoms with Crippen molar-refractivity contribution in [3.63, 3.8) is 0 Å². The van der Waals surface area contributed by atoms with Crippen molar-refractivity contribution in [3.8, 4) is 0 Å². The summed E-state index contributed by atoms with van der Waals surface area (Å²) in [7, 11) is 0. The fourth-order valence-electron chi connectivity index (χ4n) is 6.62. The number of hydrogen-bond acceptors (Lipinski definition) is 2. The second kappa shape index (κ2) is 11.8. The summed E-state index contributed by atoms with van der Waals surface area (Å²) in [5, 5.41) is 14.1. The van der Waals surface area contributed by atoms with Crippen molar-refractivity contribution in [1.29, 1.82) is 0 Å². The lowest BCUT2D eigenvalue weighted by Crippen LogP contribution is -2.10. The number of aliphatic carboxylic acids is 1. The molecule has 0 unspecified atom stereocenters. The number of carboxylic acid groups (broad SMARTS) is 1. The first kappa shape index (κ1) is 28.7. The molecule has 0 radical (unpaired) electrons. The van der Waals surface area contributed by atoms with Gasteiger partial charge in [0.2, 0.25) is 0 Å². The standard InChI is InChI=1S/C40H32N4O2/c1-4-42-36-15-8-6-12-31(36)33-23-21-29(25-38(33)42)44(28-19-17-27(18-20-28)11-10-14-35(41-3)40(45)46)30-22-24-34-32-13-7-9-16-37(32)43(5-2)39(34)26-30/h6-26H,4-5H2,1-2H3,(H,45,46)/b11-10+,35-14-. The van der Waals surface area contributed by atoms with Gasteiger partial charge in [-0.05, 0) is 74.0 Å². The average Bonchev–Trinajstić information content (AvgIpc) is 3.58. The van der Waals surface area contributed by atoms with Crippen LogP contribution in [0.2, 0.25) is 0 Å². The number of benzene rings is 5. The van der Waals surface area contributed by atoms with Crippen molar-refractivity contribution >= 4 is 72.7 Å². The van der Waals surface area contributed by atoms with E-state index in [1.165, 1.54) is 49.7 Å². The van der Waals surface area contributed by atoms with Gasteiger partial charge in [-0.1, -0.05) is 72.8 Å². The highest BCUT2D eigenvalue weighted by Gasteiger charge is 2.18. The minimum atomic E-state index is -1.23. The van der Waals surface area contributed by atoms with E-state index in [0.717, 1.165) is 35.7 Å². The van der Waals surface area contributed by atoms with Gasteiger partial charge in [-0.3, -0.25) is 4.79 Å². The Morgan fingerprint density at radius 3 is 1.65 bits per heavy atom. The van der Waals surface area contributed by atoms with E-state index in [9.17, 15) is 4.79 Å². The molecule has 0 atom stereocenters. The van der Waals surface area contributed by atoms with Gasteiger partial charge in [0.25, 0.3) is 5.70 Å². The van der Waals surface area contributed by atoms with Gasteiger partial charge in [-0.2, -0.15) is 0 Å². The Morgan fingerprint density at radius 1 is 0.696 bits per heavy atom. The summed E-state index contributed by atoms with van der Waals surface area (Å²) in [5.41, 5.74) is 8.52. The molecule has 0 aliphatic heterocycles. The molecule has 0 saturated carbocycles. The van der Waals surface area contributed by atoms with Crippen LogP contribution in [0.1, 0.15) is 19.4 Å². The van der Waals surface area contributed by atoms with Crippen LogP contribution >= 0.6 is 0 Å². The Morgan fingerprint density at radius 2 is 1.17 bits per heavy atom. The molecule has 0 aliphatic rings. The molecule has 7 rings (SSSR count). The first-order chi connectivity index (χ1) is 22.5. The zero-order valence-electron chi connectivity index (χ0n) is 25.7. The van der Waals surface area contributed by atoms with Crippen LogP contribution in [0.4, 0.5) is 17.1 Å². The smallest absolute Gasteiger partial charge is 0.333 e. The number of fused-ring (bicyclic) bond motifs is 6. The highest BCUT2D eigenvalue weighted by molar-refractivity contribution is 6.11. The number of carboxylic acids is 1. The molecule has 0 saturated heterocycles. The van der Waals surface area contributed by atoms with Crippen LogP contribution in [-0.2, 0) is 17.9 Å². The van der Waals surface area contributed by atoms with Gasteiger partial charge in [0, 0.05) is 62.7 Å². The molecule has 0 spiro atoms. The van der Waals surface area contributed by atoms with Crippen LogP contribution in [-0.4, -0.2) is 20.2 Å². The molecule has 7 aromatic rings. The molecule has 6 nitrogen and oxygen atoms in total. The third-order valence-electron chi connectivity index (χ3n) is 8.70. The van der Waals surface area contributed by atoms with Crippen molar-refractivity contribution in [2.75, 3.05) is 4.90 Å². The Balaban J connectivity index is 1.39. The molecular weight excluding hydrogens is 568 g/mol. The Hall–Kier alpha value is -6.06. The molecule has 0 fully saturated rings. The van der Waals surface area contributed by atoms with Gasteiger partial charge in [0.05, 0.1) is 17.6 Å². The van der Waals surface area contributed by atoms with Crippen molar-refractivity contribution in [1.82, 2.24) is 9.13 Å². The quantitative estimate of drug-likeness (QED) is 0.107. The largest absolute Gasteiger partial charge is 0.486 e. The number of hydrogen-bond donors (Lipinski definition) is 1. The number of para-hydroxylation sites is 2. The number of aromatic nitrogens is 2. The maximum atomic E-state index is 11.2. The average molecular weight is 601 g/mol. The summed E-state index contributed by atoms with van der Waals surface area (Å²) in [6.45, 7) is 13.2. The van der Waals surface area contributed by atoms with Crippen LogP contribution in [0.25, 0.3) is 54.5 Å². The van der Waals surface area contributed by atoms with E-state index >= 15 is 0 Å². The second-order valence-corrected chi connectivity index (χ2v) is 11.2. The molecule has 0 bridgehead atoms. The van der Waals surface area contributed by atoms with E-state index in [-0.39, 0.29) is 5.70 Å². The molecule has 0 amide bonds. The number of anilines is 3. The molecule has 2 heterocycles. The molecule has 46 heavy (non-hydrogen) atoms.